The highest BCUT2D eigenvalue weighted by Crippen LogP contribution is 2.30. The first kappa shape index (κ1) is 17.8. The fraction of sp³-hybridized carbons (Fsp3) is 0.238. The molecule has 29 heavy (non-hydrogen) atoms. The number of carbonyl (C=O) groups excluding carboxylic acids is 1. The Morgan fingerprint density at radius 3 is 2.72 bits per heavy atom. The monoisotopic (exact) mass is 406 g/mol. The molecule has 0 radical (unpaired) electrons. The lowest BCUT2D eigenvalue weighted by molar-refractivity contribution is 0.0594. The van der Waals surface area contributed by atoms with Gasteiger partial charge in [-0.25, -0.2) is 0 Å². The van der Waals surface area contributed by atoms with Gasteiger partial charge in [-0.1, -0.05) is 46.8 Å². The molecule has 1 amide bonds. The van der Waals surface area contributed by atoms with Crippen LogP contribution in [0.2, 0.25) is 0 Å². The van der Waals surface area contributed by atoms with Gasteiger partial charge in [-0.2, -0.15) is 0 Å². The minimum Gasteiger partial charge on any atom is -0.465 e. The van der Waals surface area contributed by atoms with Crippen LogP contribution in [-0.2, 0) is 0 Å². The highest BCUT2D eigenvalue weighted by atomic mass is 32.1. The molecule has 1 fully saturated rings. The first-order chi connectivity index (χ1) is 14.3. The van der Waals surface area contributed by atoms with Gasteiger partial charge in [0.1, 0.15) is 17.1 Å². The predicted molar refractivity (Wildman–Crippen MR) is 109 cm³/mol. The quantitative estimate of drug-likeness (QED) is 0.509. The van der Waals surface area contributed by atoms with E-state index >= 15 is 0 Å². The van der Waals surface area contributed by atoms with E-state index in [9.17, 15) is 4.79 Å². The second kappa shape index (κ2) is 7.63. The molecule has 1 aliphatic heterocycles. The Labute approximate surface area is 170 Å². The topological polar surface area (TPSA) is 81.4 Å². The fourth-order valence-electron chi connectivity index (χ4n) is 3.59. The third kappa shape index (κ3) is 3.58. The number of rotatable bonds is 4. The third-order valence-electron chi connectivity index (χ3n) is 5.10. The summed E-state index contributed by atoms with van der Waals surface area (Å²) in [5, 5.41) is 13.3. The van der Waals surface area contributed by atoms with Crippen LogP contribution in [0.5, 0.6) is 5.19 Å². The Bertz CT molecular complexity index is 1120. The molecule has 7 nitrogen and oxygen atoms in total. The number of hydrogen-bond acceptors (Lipinski definition) is 7. The molecule has 3 heterocycles. The van der Waals surface area contributed by atoms with Crippen molar-refractivity contribution in [2.24, 2.45) is 0 Å². The predicted octanol–water partition coefficient (Wildman–Crippen LogP) is 4.03. The molecule has 0 saturated carbocycles. The van der Waals surface area contributed by atoms with Crippen LogP contribution >= 0.6 is 11.3 Å². The number of piperidine rings is 1. The molecule has 0 bridgehead atoms. The summed E-state index contributed by atoms with van der Waals surface area (Å²) in [6, 6.07) is 15.3. The lowest BCUT2D eigenvalue weighted by Crippen LogP contribution is -2.41. The third-order valence-corrected chi connectivity index (χ3v) is 5.68. The molecule has 0 N–H and O–H groups in total. The van der Waals surface area contributed by atoms with Gasteiger partial charge < -0.3 is 14.2 Å². The van der Waals surface area contributed by atoms with Crippen LogP contribution in [0, 0.1) is 0 Å². The summed E-state index contributed by atoms with van der Waals surface area (Å²) in [6.07, 6.45) is 1.61. The molecule has 2 aromatic carbocycles. The van der Waals surface area contributed by atoms with Crippen molar-refractivity contribution in [1.29, 1.82) is 0 Å². The zero-order valence-corrected chi connectivity index (χ0v) is 16.3. The Balaban J connectivity index is 1.32. The number of carbonyl (C=O) groups is 1. The lowest BCUT2D eigenvalue weighted by atomic mass is 10.0. The maximum Gasteiger partial charge on any atom is 0.294 e. The zero-order chi connectivity index (χ0) is 19.6. The van der Waals surface area contributed by atoms with Gasteiger partial charge in [0.2, 0.25) is 0 Å². The van der Waals surface area contributed by atoms with Crippen LogP contribution in [0.4, 0.5) is 0 Å². The van der Waals surface area contributed by atoms with Crippen molar-refractivity contribution >= 4 is 28.1 Å². The van der Waals surface area contributed by atoms with Crippen molar-refractivity contribution in [2.75, 3.05) is 13.1 Å². The summed E-state index contributed by atoms with van der Waals surface area (Å²) in [5.41, 5.74) is 3.97. The minimum absolute atomic E-state index is 0.0153. The minimum atomic E-state index is 0.0153. The van der Waals surface area contributed by atoms with Crippen molar-refractivity contribution in [3.63, 3.8) is 0 Å². The zero-order valence-electron chi connectivity index (χ0n) is 15.5. The molecule has 0 aliphatic carbocycles. The molecule has 5 rings (SSSR count). The normalized spacial score (nSPS) is 15.0. The van der Waals surface area contributed by atoms with Crippen LogP contribution in [0.1, 0.15) is 23.2 Å². The van der Waals surface area contributed by atoms with Gasteiger partial charge in [-0.15, -0.1) is 10.2 Å². The van der Waals surface area contributed by atoms with E-state index in [-0.39, 0.29) is 12.0 Å². The van der Waals surface area contributed by atoms with Crippen molar-refractivity contribution in [2.45, 2.75) is 18.9 Å². The first-order valence-electron chi connectivity index (χ1n) is 9.45. The molecule has 146 valence electrons. The largest absolute Gasteiger partial charge is 0.465 e. The summed E-state index contributed by atoms with van der Waals surface area (Å²) in [6.45, 7) is 1.30. The Morgan fingerprint density at radius 1 is 1.14 bits per heavy atom. The SMILES string of the molecule is O=C(c1ccc2noc(-c3ccccc3)c2c1)N1CCC(Oc2nncs2)CC1. The average molecular weight is 406 g/mol. The van der Waals surface area contributed by atoms with Crippen molar-refractivity contribution < 1.29 is 14.1 Å². The Hall–Kier alpha value is -3.26. The average Bonchev–Trinajstić information content (AvgIpc) is 3.44. The smallest absolute Gasteiger partial charge is 0.294 e. The summed E-state index contributed by atoms with van der Waals surface area (Å²) in [7, 11) is 0. The van der Waals surface area contributed by atoms with E-state index in [1.807, 2.05) is 53.4 Å². The highest BCUT2D eigenvalue weighted by molar-refractivity contribution is 7.11. The van der Waals surface area contributed by atoms with E-state index in [2.05, 4.69) is 15.4 Å². The van der Waals surface area contributed by atoms with E-state index < -0.39 is 0 Å². The summed E-state index contributed by atoms with van der Waals surface area (Å²) in [4.78, 5) is 14.9. The van der Waals surface area contributed by atoms with E-state index in [0.717, 1.165) is 29.3 Å². The summed E-state index contributed by atoms with van der Waals surface area (Å²) in [5.74, 6) is 0.695. The van der Waals surface area contributed by atoms with E-state index in [0.29, 0.717) is 29.6 Å². The number of aromatic nitrogens is 3. The fourth-order valence-corrected chi connectivity index (χ4v) is 4.06. The van der Waals surface area contributed by atoms with Crippen LogP contribution < -0.4 is 4.74 Å². The lowest BCUT2D eigenvalue weighted by Gasteiger charge is -2.31. The maximum atomic E-state index is 13.1. The van der Waals surface area contributed by atoms with Crippen LogP contribution in [0.3, 0.4) is 0 Å². The Morgan fingerprint density at radius 2 is 1.97 bits per heavy atom. The molecular formula is C21H18N4O3S. The molecule has 1 saturated heterocycles. The molecule has 8 heteroatoms. The van der Waals surface area contributed by atoms with Gasteiger partial charge >= 0.3 is 0 Å². The molecule has 1 aliphatic rings. The van der Waals surface area contributed by atoms with Gasteiger partial charge in [-0.3, -0.25) is 4.79 Å². The second-order valence-corrected chi connectivity index (χ2v) is 7.72. The Kier molecular flexibility index (Phi) is 4.69. The molecule has 2 aromatic heterocycles. The van der Waals surface area contributed by atoms with E-state index in [1.54, 1.807) is 5.51 Å². The molecule has 0 unspecified atom stereocenters. The number of nitrogens with zero attached hydrogens (tertiary/aromatic N) is 4. The van der Waals surface area contributed by atoms with E-state index in [1.165, 1.54) is 11.3 Å². The number of amides is 1. The van der Waals surface area contributed by atoms with Crippen LogP contribution in [0.15, 0.2) is 58.6 Å². The van der Waals surface area contributed by atoms with Gasteiger partial charge in [0, 0.05) is 37.1 Å². The van der Waals surface area contributed by atoms with Crippen molar-refractivity contribution in [3.8, 4) is 16.5 Å². The van der Waals surface area contributed by atoms with Crippen molar-refractivity contribution in [1.82, 2.24) is 20.3 Å². The highest BCUT2D eigenvalue weighted by Gasteiger charge is 2.26. The van der Waals surface area contributed by atoms with Crippen molar-refractivity contribution in [3.05, 3.63) is 59.6 Å². The summed E-state index contributed by atoms with van der Waals surface area (Å²) < 4.78 is 11.4. The van der Waals surface area contributed by atoms with Crippen LogP contribution in [0.25, 0.3) is 22.2 Å². The number of likely N-dealkylation sites (tertiary alicyclic amines) is 1. The standard InChI is InChI=1S/C21H18N4O3S/c26-20(25-10-8-16(9-11-25)27-21-23-22-13-29-21)15-6-7-18-17(12-15)19(28-24-18)14-4-2-1-3-5-14/h1-7,12-13,16H,8-11H2. The number of hydrogen-bond donors (Lipinski definition) is 0. The van der Waals surface area contributed by atoms with E-state index in [4.69, 9.17) is 9.26 Å². The number of benzene rings is 2. The maximum absolute atomic E-state index is 13.1. The van der Waals surface area contributed by atoms with Gasteiger partial charge in [0.25, 0.3) is 11.1 Å². The van der Waals surface area contributed by atoms with Gasteiger partial charge in [0.15, 0.2) is 5.76 Å². The molecule has 4 aromatic rings. The van der Waals surface area contributed by atoms with Gasteiger partial charge in [0.05, 0.1) is 5.39 Å². The number of ether oxygens (including phenoxy) is 1. The first-order valence-corrected chi connectivity index (χ1v) is 10.3. The second-order valence-electron chi connectivity index (χ2n) is 6.92. The van der Waals surface area contributed by atoms with Gasteiger partial charge in [-0.05, 0) is 18.2 Å². The molecule has 0 spiro atoms. The number of fused-ring (bicyclic) bond motifs is 1. The summed E-state index contributed by atoms with van der Waals surface area (Å²) >= 11 is 1.38. The van der Waals surface area contributed by atoms with Crippen LogP contribution in [-0.4, -0.2) is 45.4 Å². The molecular weight excluding hydrogens is 388 g/mol. The molecule has 0 atom stereocenters.